The van der Waals surface area contributed by atoms with Gasteiger partial charge in [0.15, 0.2) is 9.84 Å². The first-order chi connectivity index (χ1) is 9.86. The summed E-state index contributed by atoms with van der Waals surface area (Å²) >= 11 is 0. The van der Waals surface area contributed by atoms with E-state index in [2.05, 4.69) is 5.32 Å². The predicted molar refractivity (Wildman–Crippen MR) is 76.1 cm³/mol. The third kappa shape index (κ3) is 2.60. The fraction of sp³-hybridized carbons (Fsp3) is 0.538. The third-order valence-corrected chi connectivity index (χ3v) is 5.16. The maximum Gasteiger partial charge on any atom is 0.310 e. The minimum Gasteiger partial charge on any atom is -0.374 e. The molecular formula is C13H16N2O5S. The average Bonchev–Trinajstić information content (AvgIpc) is 2.99. The van der Waals surface area contributed by atoms with Crippen LogP contribution < -0.4 is 5.32 Å². The number of nitro benzene ring substituents is 1. The van der Waals surface area contributed by atoms with E-state index in [1.807, 2.05) is 0 Å². The molecule has 3 unspecified atom stereocenters. The van der Waals surface area contributed by atoms with E-state index in [0.717, 1.165) is 25.5 Å². The van der Waals surface area contributed by atoms with E-state index in [1.165, 1.54) is 12.1 Å². The highest BCUT2D eigenvalue weighted by Crippen LogP contribution is 2.39. The van der Waals surface area contributed by atoms with Gasteiger partial charge in [-0.1, -0.05) is 6.07 Å². The van der Waals surface area contributed by atoms with Gasteiger partial charge >= 0.3 is 5.69 Å². The van der Waals surface area contributed by atoms with Crippen molar-refractivity contribution in [3.8, 4) is 0 Å². The average molecular weight is 312 g/mol. The number of ether oxygens (including phenoxy) is 1. The van der Waals surface area contributed by atoms with Crippen LogP contribution in [0.4, 0.5) is 11.4 Å². The monoisotopic (exact) mass is 312 g/mol. The molecule has 21 heavy (non-hydrogen) atoms. The van der Waals surface area contributed by atoms with Crippen molar-refractivity contribution < 1.29 is 18.1 Å². The van der Waals surface area contributed by atoms with Gasteiger partial charge in [0.05, 0.1) is 23.2 Å². The van der Waals surface area contributed by atoms with Crippen LogP contribution in [-0.4, -0.2) is 37.8 Å². The molecule has 0 saturated carbocycles. The number of sulfone groups is 1. The van der Waals surface area contributed by atoms with Gasteiger partial charge in [0.2, 0.25) is 0 Å². The molecule has 1 aromatic carbocycles. The van der Waals surface area contributed by atoms with E-state index in [4.69, 9.17) is 4.74 Å². The van der Waals surface area contributed by atoms with Gasteiger partial charge in [-0.3, -0.25) is 10.1 Å². The topological polar surface area (TPSA) is 98.5 Å². The van der Waals surface area contributed by atoms with Gasteiger partial charge in [0.1, 0.15) is 10.6 Å². The molecule has 0 spiro atoms. The lowest BCUT2D eigenvalue weighted by Crippen LogP contribution is -2.30. The molecule has 1 N–H and O–H groups in total. The summed E-state index contributed by atoms with van der Waals surface area (Å²) in [6, 6.07) is 4.31. The zero-order valence-corrected chi connectivity index (χ0v) is 12.3. The first-order valence-corrected chi connectivity index (χ1v) is 8.65. The van der Waals surface area contributed by atoms with E-state index in [1.54, 1.807) is 6.07 Å². The SMILES string of the molecule is CS(=O)(=O)c1cccc(NC2CC3CCC2O3)c1[N+](=O)[O-]. The van der Waals surface area contributed by atoms with Gasteiger partial charge < -0.3 is 10.1 Å². The van der Waals surface area contributed by atoms with Crippen molar-refractivity contribution in [2.45, 2.75) is 42.4 Å². The molecule has 7 nitrogen and oxygen atoms in total. The zero-order chi connectivity index (χ0) is 15.2. The van der Waals surface area contributed by atoms with Gasteiger partial charge in [-0.15, -0.1) is 0 Å². The maximum absolute atomic E-state index is 11.7. The second kappa shape index (κ2) is 4.96. The first-order valence-electron chi connectivity index (χ1n) is 6.75. The number of rotatable bonds is 4. The summed E-state index contributed by atoms with van der Waals surface area (Å²) in [6.07, 6.45) is 3.99. The predicted octanol–water partition coefficient (Wildman–Crippen LogP) is 1.73. The summed E-state index contributed by atoms with van der Waals surface area (Å²) < 4.78 is 29.1. The summed E-state index contributed by atoms with van der Waals surface area (Å²) in [5, 5.41) is 14.4. The van der Waals surface area contributed by atoms with Crippen LogP contribution in [0.2, 0.25) is 0 Å². The van der Waals surface area contributed by atoms with Crippen LogP contribution in [-0.2, 0) is 14.6 Å². The Morgan fingerprint density at radius 2 is 2.14 bits per heavy atom. The Bertz CT molecular complexity index is 688. The molecule has 8 heteroatoms. The number of nitrogens with zero attached hydrogens (tertiary/aromatic N) is 1. The number of fused-ring (bicyclic) bond motifs is 2. The van der Waals surface area contributed by atoms with E-state index in [-0.39, 0.29) is 34.5 Å². The molecule has 2 aliphatic rings. The molecule has 1 aromatic rings. The Morgan fingerprint density at radius 3 is 2.67 bits per heavy atom. The zero-order valence-electron chi connectivity index (χ0n) is 11.5. The van der Waals surface area contributed by atoms with Gasteiger partial charge in [-0.25, -0.2) is 8.42 Å². The Labute approximate surface area is 122 Å². The fourth-order valence-corrected chi connectivity index (χ4v) is 3.98. The summed E-state index contributed by atoms with van der Waals surface area (Å²) in [5.74, 6) is 0. The Hall–Kier alpha value is -1.67. The number of nitro groups is 1. The van der Waals surface area contributed by atoms with E-state index < -0.39 is 14.8 Å². The van der Waals surface area contributed by atoms with Crippen LogP contribution in [0.15, 0.2) is 23.1 Å². The Balaban J connectivity index is 1.97. The molecule has 2 aliphatic heterocycles. The molecule has 2 heterocycles. The lowest BCUT2D eigenvalue weighted by molar-refractivity contribution is -0.386. The van der Waals surface area contributed by atoms with Crippen molar-refractivity contribution in [2.75, 3.05) is 11.6 Å². The molecule has 0 aromatic heterocycles. The van der Waals surface area contributed by atoms with Gasteiger partial charge in [0, 0.05) is 6.26 Å². The standard InChI is InChI=1S/C13H16N2O5S/c1-21(18,19)12-4-2-3-9(13(12)15(16)17)14-10-7-8-5-6-11(10)20-8/h2-4,8,10-11,14H,5-7H2,1H3. The van der Waals surface area contributed by atoms with E-state index >= 15 is 0 Å². The first kappa shape index (κ1) is 14.3. The van der Waals surface area contributed by atoms with Crippen molar-refractivity contribution in [1.29, 1.82) is 0 Å². The Morgan fingerprint density at radius 1 is 1.38 bits per heavy atom. The molecule has 2 fully saturated rings. The van der Waals surface area contributed by atoms with E-state index in [0.29, 0.717) is 0 Å². The van der Waals surface area contributed by atoms with Gasteiger partial charge in [-0.05, 0) is 31.4 Å². The van der Waals surface area contributed by atoms with Crippen LogP contribution in [0.3, 0.4) is 0 Å². The highest BCUT2D eigenvalue weighted by atomic mass is 32.2. The summed E-state index contributed by atoms with van der Waals surface area (Å²) in [4.78, 5) is 10.4. The highest BCUT2D eigenvalue weighted by Gasteiger charge is 2.41. The van der Waals surface area contributed by atoms with Gasteiger partial charge in [-0.2, -0.15) is 0 Å². The number of nitrogens with one attached hydrogen (secondary N) is 1. The molecule has 3 rings (SSSR count). The molecule has 2 bridgehead atoms. The number of benzene rings is 1. The van der Waals surface area contributed by atoms with Crippen molar-refractivity contribution >= 4 is 21.2 Å². The second-order valence-electron chi connectivity index (χ2n) is 5.54. The van der Waals surface area contributed by atoms with Gasteiger partial charge in [0.25, 0.3) is 0 Å². The minimum absolute atomic E-state index is 0.00254. The smallest absolute Gasteiger partial charge is 0.310 e. The molecule has 0 amide bonds. The molecule has 2 saturated heterocycles. The number of para-hydroxylation sites is 1. The van der Waals surface area contributed by atoms with Crippen LogP contribution in [0.1, 0.15) is 19.3 Å². The summed E-state index contributed by atoms with van der Waals surface area (Å²) in [7, 11) is -3.66. The number of hydrogen-bond acceptors (Lipinski definition) is 6. The Kier molecular flexibility index (Phi) is 3.37. The fourth-order valence-electron chi connectivity index (χ4n) is 3.12. The molecular weight excluding hydrogens is 296 g/mol. The van der Waals surface area contributed by atoms with Crippen molar-refractivity contribution in [1.82, 2.24) is 0 Å². The van der Waals surface area contributed by atoms with Crippen LogP contribution in [0, 0.1) is 10.1 Å². The summed E-state index contributed by atoms with van der Waals surface area (Å²) in [5.41, 5.74) is -0.146. The van der Waals surface area contributed by atoms with E-state index in [9.17, 15) is 18.5 Å². The normalized spacial score (nSPS) is 27.8. The maximum atomic E-state index is 11.7. The number of anilines is 1. The lowest BCUT2D eigenvalue weighted by Gasteiger charge is -2.21. The number of hydrogen-bond donors (Lipinski definition) is 1. The highest BCUT2D eigenvalue weighted by molar-refractivity contribution is 7.90. The van der Waals surface area contributed by atoms with Crippen molar-refractivity contribution in [3.63, 3.8) is 0 Å². The minimum atomic E-state index is -3.66. The molecule has 0 aliphatic carbocycles. The van der Waals surface area contributed by atoms with Crippen LogP contribution >= 0.6 is 0 Å². The second-order valence-corrected chi connectivity index (χ2v) is 7.53. The van der Waals surface area contributed by atoms with Crippen LogP contribution in [0.25, 0.3) is 0 Å². The largest absolute Gasteiger partial charge is 0.374 e. The summed E-state index contributed by atoms with van der Waals surface area (Å²) in [6.45, 7) is 0. The van der Waals surface area contributed by atoms with Crippen molar-refractivity contribution in [3.05, 3.63) is 28.3 Å². The van der Waals surface area contributed by atoms with Crippen LogP contribution in [0.5, 0.6) is 0 Å². The third-order valence-electron chi connectivity index (χ3n) is 4.03. The molecule has 114 valence electrons. The lowest BCUT2D eigenvalue weighted by atomic mass is 9.95. The molecule has 3 atom stereocenters. The molecule has 0 radical (unpaired) electrons. The van der Waals surface area contributed by atoms with Crippen molar-refractivity contribution in [2.24, 2.45) is 0 Å². The quantitative estimate of drug-likeness (QED) is 0.671.